The summed E-state index contributed by atoms with van der Waals surface area (Å²) in [5.41, 5.74) is 6.29. The van der Waals surface area contributed by atoms with Crippen molar-refractivity contribution in [1.82, 2.24) is 0 Å². The summed E-state index contributed by atoms with van der Waals surface area (Å²) >= 11 is 0. The molecule has 2 rings (SSSR count). The summed E-state index contributed by atoms with van der Waals surface area (Å²) in [5.74, 6) is 0.199. The predicted octanol–water partition coefficient (Wildman–Crippen LogP) is 2.55. The molecule has 1 aliphatic carbocycles. The SMILES string of the molecule is Nc1cc(F)ccc1NC(=O)CCCOCC1CC1. The molecule has 0 saturated heterocycles. The highest BCUT2D eigenvalue weighted by molar-refractivity contribution is 5.93. The van der Waals surface area contributed by atoms with Crippen molar-refractivity contribution in [2.45, 2.75) is 25.7 Å². The van der Waals surface area contributed by atoms with Gasteiger partial charge in [-0.25, -0.2) is 4.39 Å². The van der Waals surface area contributed by atoms with E-state index >= 15 is 0 Å². The highest BCUT2D eigenvalue weighted by Crippen LogP contribution is 2.28. The zero-order valence-electron chi connectivity index (χ0n) is 10.8. The second kappa shape index (κ2) is 6.52. The van der Waals surface area contributed by atoms with Gasteiger partial charge in [-0.3, -0.25) is 4.79 Å². The summed E-state index contributed by atoms with van der Waals surface area (Å²) in [7, 11) is 0. The summed E-state index contributed by atoms with van der Waals surface area (Å²) < 4.78 is 18.3. The molecule has 0 bridgehead atoms. The van der Waals surface area contributed by atoms with Gasteiger partial charge in [0.1, 0.15) is 5.82 Å². The maximum absolute atomic E-state index is 12.8. The number of hydrogen-bond donors (Lipinski definition) is 2. The predicted molar refractivity (Wildman–Crippen MR) is 72.2 cm³/mol. The number of ether oxygens (including phenoxy) is 1. The number of hydrogen-bond acceptors (Lipinski definition) is 3. The third kappa shape index (κ3) is 4.87. The first kappa shape index (κ1) is 13.8. The molecule has 0 unspecified atom stereocenters. The van der Waals surface area contributed by atoms with Crippen molar-refractivity contribution in [3.63, 3.8) is 0 Å². The molecular weight excluding hydrogens is 247 g/mol. The molecule has 0 atom stereocenters. The van der Waals surface area contributed by atoms with Gasteiger partial charge in [-0.05, 0) is 43.4 Å². The molecule has 1 amide bonds. The van der Waals surface area contributed by atoms with Crippen molar-refractivity contribution < 1.29 is 13.9 Å². The smallest absolute Gasteiger partial charge is 0.224 e. The molecule has 4 nitrogen and oxygen atoms in total. The molecule has 0 aliphatic heterocycles. The van der Waals surface area contributed by atoms with Crippen LogP contribution in [-0.4, -0.2) is 19.1 Å². The third-order valence-electron chi connectivity index (χ3n) is 3.03. The lowest BCUT2D eigenvalue weighted by atomic mass is 10.2. The average molecular weight is 266 g/mol. The van der Waals surface area contributed by atoms with E-state index in [1.807, 2.05) is 0 Å². The average Bonchev–Trinajstić information content (AvgIpc) is 3.16. The van der Waals surface area contributed by atoms with E-state index in [1.54, 1.807) is 0 Å². The van der Waals surface area contributed by atoms with Crippen molar-refractivity contribution >= 4 is 17.3 Å². The summed E-state index contributed by atoms with van der Waals surface area (Å²) in [4.78, 5) is 11.6. The Hall–Kier alpha value is -1.62. The number of rotatable bonds is 7. The van der Waals surface area contributed by atoms with Gasteiger partial charge in [0, 0.05) is 19.6 Å². The molecule has 1 aromatic rings. The van der Waals surface area contributed by atoms with Gasteiger partial charge in [0.2, 0.25) is 5.91 Å². The molecule has 5 heteroatoms. The van der Waals surface area contributed by atoms with Gasteiger partial charge in [0.15, 0.2) is 0 Å². The van der Waals surface area contributed by atoms with Crippen molar-refractivity contribution in [2.75, 3.05) is 24.3 Å². The van der Waals surface area contributed by atoms with Crippen LogP contribution >= 0.6 is 0 Å². The third-order valence-corrected chi connectivity index (χ3v) is 3.03. The zero-order chi connectivity index (χ0) is 13.7. The van der Waals surface area contributed by atoms with Gasteiger partial charge in [-0.1, -0.05) is 0 Å². The Morgan fingerprint density at radius 1 is 1.47 bits per heavy atom. The fourth-order valence-electron chi connectivity index (χ4n) is 1.73. The largest absolute Gasteiger partial charge is 0.397 e. The number of anilines is 2. The number of nitrogens with one attached hydrogen (secondary N) is 1. The molecule has 1 aromatic carbocycles. The molecule has 0 aromatic heterocycles. The standard InChI is InChI=1S/C14H19FN2O2/c15-11-5-6-13(12(16)8-11)17-14(18)2-1-7-19-9-10-3-4-10/h5-6,8,10H,1-4,7,9,16H2,(H,17,18). The lowest BCUT2D eigenvalue weighted by molar-refractivity contribution is -0.116. The highest BCUT2D eigenvalue weighted by atomic mass is 19.1. The van der Waals surface area contributed by atoms with E-state index in [9.17, 15) is 9.18 Å². The van der Waals surface area contributed by atoms with Crippen LogP contribution in [0.5, 0.6) is 0 Å². The quantitative estimate of drug-likeness (QED) is 0.589. The molecule has 0 radical (unpaired) electrons. The number of benzene rings is 1. The van der Waals surface area contributed by atoms with E-state index in [0.29, 0.717) is 25.1 Å². The van der Waals surface area contributed by atoms with E-state index in [0.717, 1.165) is 12.5 Å². The number of amides is 1. The van der Waals surface area contributed by atoms with Crippen LogP contribution in [0.3, 0.4) is 0 Å². The second-order valence-corrected chi connectivity index (χ2v) is 4.90. The van der Waals surface area contributed by atoms with Crippen molar-refractivity contribution in [1.29, 1.82) is 0 Å². The summed E-state index contributed by atoms with van der Waals surface area (Å²) in [6.07, 6.45) is 3.59. The first-order valence-corrected chi connectivity index (χ1v) is 6.58. The molecule has 1 fully saturated rings. The molecule has 1 aliphatic rings. The zero-order valence-corrected chi connectivity index (χ0v) is 10.8. The number of carbonyl (C=O) groups is 1. The summed E-state index contributed by atoms with van der Waals surface area (Å²) in [6.45, 7) is 1.41. The Bertz CT molecular complexity index is 447. The highest BCUT2D eigenvalue weighted by Gasteiger charge is 2.20. The van der Waals surface area contributed by atoms with Crippen molar-refractivity contribution in [3.05, 3.63) is 24.0 Å². The van der Waals surface area contributed by atoms with Crippen LogP contribution < -0.4 is 11.1 Å². The van der Waals surface area contributed by atoms with Gasteiger partial charge < -0.3 is 15.8 Å². The molecule has 0 heterocycles. The molecular formula is C14H19FN2O2. The molecule has 0 spiro atoms. The second-order valence-electron chi connectivity index (χ2n) is 4.90. The fraction of sp³-hybridized carbons (Fsp3) is 0.500. The summed E-state index contributed by atoms with van der Waals surface area (Å²) in [6, 6.07) is 3.92. The van der Waals surface area contributed by atoms with Crippen LogP contribution in [0.4, 0.5) is 15.8 Å². The number of halogens is 1. The first-order chi connectivity index (χ1) is 9.15. The minimum Gasteiger partial charge on any atom is -0.397 e. The maximum Gasteiger partial charge on any atom is 0.224 e. The lowest BCUT2D eigenvalue weighted by Crippen LogP contribution is -2.13. The summed E-state index contributed by atoms with van der Waals surface area (Å²) in [5, 5.41) is 2.66. The molecule has 19 heavy (non-hydrogen) atoms. The van der Waals surface area contributed by atoms with E-state index in [4.69, 9.17) is 10.5 Å². The number of nitrogens with two attached hydrogens (primary N) is 1. The Labute approximate surface area is 112 Å². The minimum absolute atomic E-state index is 0.131. The van der Waals surface area contributed by atoms with Crippen molar-refractivity contribution in [3.8, 4) is 0 Å². The Morgan fingerprint density at radius 3 is 2.95 bits per heavy atom. The van der Waals surface area contributed by atoms with E-state index in [-0.39, 0.29) is 11.6 Å². The minimum atomic E-state index is -0.413. The van der Waals surface area contributed by atoms with Crippen molar-refractivity contribution in [2.24, 2.45) is 5.92 Å². The van der Waals surface area contributed by atoms with Crippen LogP contribution in [-0.2, 0) is 9.53 Å². The monoisotopic (exact) mass is 266 g/mol. The van der Waals surface area contributed by atoms with Crippen LogP contribution in [0.15, 0.2) is 18.2 Å². The Kier molecular flexibility index (Phi) is 4.74. The van der Waals surface area contributed by atoms with Gasteiger partial charge in [-0.15, -0.1) is 0 Å². The molecule has 1 saturated carbocycles. The van der Waals surface area contributed by atoms with E-state index in [1.165, 1.54) is 31.0 Å². The van der Waals surface area contributed by atoms with Gasteiger partial charge in [0.05, 0.1) is 11.4 Å². The maximum atomic E-state index is 12.8. The van der Waals surface area contributed by atoms with Gasteiger partial charge >= 0.3 is 0 Å². The Morgan fingerprint density at radius 2 is 2.26 bits per heavy atom. The number of carbonyl (C=O) groups excluding carboxylic acids is 1. The van der Waals surface area contributed by atoms with Gasteiger partial charge in [-0.2, -0.15) is 0 Å². The van der Waals surface area contributed by atoms with E-state index in [2.05, 4.69) is 5.32 Å². The van der Waals surface area contributed by atoms with Crippen LogP contribution in [0, 0.1) is 11.7 Å². The normalized spacial score (nSPS) is 14.4. The fourth-order valence-corrected chi connectivity index (χ4v) is 1.73. The van der Waals surface area contributed by atoms with Crippen LogP contribution in [0.25, 0.3) is 0 Å². The van der Waals surface area contributed by atoms with E-state index < -0.39 is 5.82 Å². The topological polar surface area (TPSA) is 64.3 Å². The first-order valence-electron chi connectivity index (χ1n) is 6.58. The van der Waals surface area contributed by atoms with Gasteiger partial charge in [0.25, 0.3) is 0 Å². The van der Waals surface area contributed by atoms with Crippen LogP contribution in [0.1, 0.15) is 25.7 Å². The van der Waals surface area contributed by atoms with Crippen LogP contribution in [0.2, 0.25) is 0 Å². The Balaban J connectivity index is 1.65. The molecule has 104 valence electrons. The number of nitrogen functional groups attached to an aromatic ring is 1. The molecule has 3 N–H and O–H groups in total. The lowest BCUT2D eigenvalue weighted by Gasteiger charge is -2.08.